The molecule has 2 heterocycles. The van der Waals surface area contributed by atoms with Gasteiger partial charge in [0.2, 0.25) is 0 Å². The van der Waals surface area contributed by atoms with Crippen LogP contribution in [0.25, 0.3) is 0 Å². The summed E-state index contributed by atoms with van der Waals surface area (Å²) in [6.45, 7) is 6.70. The number of benzene rings is 2. The molecule has 0 saturated carbocycles. The number of morpholine rings is 1. The predicted octanol–water partition coefficient (Wildman–Crippen LogP) is 3.27. The molecule has 4 rings (SSSR count). The highest BCUT2D eigenvalue weighted by molar-refractivity contribution is 7.99. The minimum atomic E-state index is -0.154. The minimum absolute atomic E-state index is 0.0648. The van der Waals surface area contributed by atoms with Gasteiger partial charge in [-0.15, -0.1) is 0 Å². The normalized spacial score (nSPS) is 17.0. The molecule has 0 radical (unpaired) electrons. The molecule has 6 nitrogen and oxygen atoms in total. The van der Waals surface area contributed by atoms with Crippen molar-refractivity contribution in [3.05, 3.63) is 59.2 Å². The smallest absolute Gasteiger partial charge is 0.255 e. The summed E-state index contributed by atoms with van der Waals surface area (Å²) in [6.07, 6.45) is 0. The molecule has 30 heavy (non-hydrogen) atoms. The lowest BCUT2D eigenvalue weighted by Crippen LogP contribution is -2.37. The average Bonchev–Trinajstić information content (AvgIpc) is 2.81. The molecule has 0 unspecified atom stereocenters. The van der Waals surface area contributed by atoms with Crippen LogP contribution in [0, 0.1) is 6.92 Å². The molecule has 2 aromatic carbocycles. The molecule has 2 saturated heterocycles. The second-order valence-corrected chi connectivity index (χ2v) is 8.76. The van der Waals surface area contributed by atoms with E-state index >= 15 is 0 Å². The van der Waals surface area contributed by atoms with Gasteiger partial charge in [0.15, 0.2) is 0 Å². The van der Waals surface area contributed by atoms with Crippen molar-refractivity contribution in [2.24, 2.45) is 0 Å². The van der Waals surface area contributed by atoms with Gasteiger partial charge in [-0.05, 0) is 55.0 Å². The average molecular weight is 426 g/mol. The van der Waals surface area contributed by atoms with E-state index in [0.29, 0.717) is 11.1 Å². The molecule has 2 aliphatic rings. The van der Waals surface area contributed by atoms with E-state index in [1.165, 1.54) is 0 Å². The van der Waals surface area contributed by atoms with Crippen molar-refractivity contribution in [2.75, 3.05) is 61.1 Å². The molecule has 0 aromatic heterocycles. The van der Waals surface area contributed by atoms with E-state index in [1.54, 1.807) is 6.07 Å². The molecule has 2 aliphatic heterocycles. The van der Waals surface area contributed by atoms with Gasteiger partial charge < -0.3 is 19.9 Å². The third kappa shape index (κ3) is 4.79. The molecule has 158 valence electrons. The number of anilines is 2. The number of amides is 2. The van der Waals surface area contributed by atoms with Gasteiger partial charge in [-0.25, -0.2) is 0 Å². The second-order valence-electron chi connectivity index (χ2n) is 7.53. The largest absolute Gasteiger partial charge is 0.378 e. The number of carbonyl (C=O) groups is 2. The van der Waals surface area contributed by atoms with Gasteiger partial charge in [-0.3, -0.25) is 9.59 Å². The van der Waals surface area contributed by atoms with E-state index in [2.05, 4.69) is 10.2 Å². The van der Waals surface area contributed by atoms with Crippen LogP contribution in [0.5, 0.6) is 0 Å². The van der Waals surface area contributed by atoms with Crippen LogP contribution in [-0.4, -0.2) is 67.6 Å². The lowest BCUT2D eigenvalue weighted by Gasteiger charge is -2.28. The highest BCUT2D eigenvalue weighted by atomic mass is 32.2. The van der Waals surface area contributed by atoms with E-state index in [9.17, 15) is 9.59 Å². The highest BCUT2D eigenvalue weighted by Gasteiger charge is 2.19. The van der Waals surface area contributed by atoms with Gasteiger partial charge in [0.1, 0.15) is 0 Å². The van der Waals surface area contributed by atoms with Crippen LogP contribution in [-0.2, 0) is 4.74 Å². The molecule has 7 heteroatoms. The first-order valence-electron chi connectivity index (χ1n) is 10.3. The van der Waals surface area contributed by atoms with Crippen molar-refractivity contribution >= 4 is 35.0 Å². The number of nitrogens with one attached hydrogen (secondary N) is 1. The maximum atomic E-state index is 12.7. The Morgan fingerprint density at radius 3 is 2.27 bits per heavy atom. The highest BCUT2D eigenvalue weighted by Crippen LogP contribution is 2.21. The Labute approximate surface area is 181 Å². The third-order valence-electron chi connectivity index (χ3n) is 5.53. The Morgan fingerprint density at radius 2 is 1.60 bits per heavy atom. The zero-order valence-electron chi connectivity index (χ0n) is 17.2. The Hall–Kier alpha value is -2.51. The summed E-state index contributed by atoms with van der Waals surface area (Å²) in [6, 6.07) is 13.1. The van der Waals surface area contributed by atoms with Gasteiger partial charge >= 0.3 is 0 Å². The molecule has 0 spiro atoms. The fraction of sp³-hybridized carbons (Fsp3) is 0.391. The number of aryl methyl sites for hydroxylation is 1. The quantitative estimate of drug-likeness (QED) is 0.815. The van der Waals surface area contributed by atoms with Crippen molar-refractivity contribution < 1.29 is 14.3 Å². The zero-order valence-corrected chi connectivity index (χ0v) is 18.0. The van der Waals surface area contributed by atoms with E-state index < -0.39 is 0 Å². The Morgan fingerprint density at radius 1 is 0.933 bits per heavy atom. The Balaban J connectivity index is 1.40. The van der Waals surface area contributed by atoms with Gasteiger partial charge in [0.25, 0.3) is 11.8 Å². The van der Waals surface area contributed by atoms with E-state index in [-0.39, 0.29) is 11.8 Å². The molecule has 0 bridgehead atoms. The lowest BCUT2D eigenvalue weighted by atomic mass is 10.1. The van der Waals surface area contributed by atoms with Gasteiger partial charge in [-0.2, -0.15) is 11.8 Å². The minimum Gasteiger partial charge on any atom is -0.378 e. The van der Waals surface area contributed by atoms with Crippen LogP contribution in [0.1, 0.15) is 26.3 Å². The van der Waals surface area contributed by atoms with Crippen molar-refractivity contribution in [3.63, 3.8) is 0 Å². The number of hydrogen-bond acceptors (Lipinski definition) is 5. The molecular weight excluding hydrogens is 398 g/mol. The topological polar surface area (TPSA) is 61.9 Å². The van der Waals surface area contributed by atoms with Crippen LogP contribution in [0.2, 0.25) is 0 Å². The van der Waals surface area contributed by atoms with Gasteiger partial charge in [-0.1, -0.05) is 0 Å². The summed E-state index contributed by atoms with van der Waals surface area (Å²) in [5, 5.41) is 2.97. The lowest BCUT2D eigenvalue weighted by molar-refractivity contribution is 0.0772. The van der Waals surface area contributed by atoms with Crippen LogP contribution < -0.4 is 10.2 Å². The molecule has 2 fully saturated rings. The Bertz CT molecular complexity index is 904. The van der Waals surface area contributed by atoms with Gasteiger partial charge in [0.05, 0.1) is 13.2 Å². The first kappa shape index (κ1) is 20.8. The van der Waals surface area contributed by atoms with Crippen LogP contribution in [0.15, 0.2) is 42.5 Å². The van der Waals surface area contributed by atoms with E-state index in [0.717, 1.165) is 67.8 Å². The van der Waals surface area contributed by atoms with Crippen molar-refractivity contribution in [3.8, 4) is 0 Å². The fourth-order valence-corrected chi connectivity index (χ4v) is 4.63. The SMILES string of the molecule is Cc1cc(C(=O)N2CCSCC2)ccc1NC(=O)c1ccc(N2CCOCC2)cc1. The fourth-order valence-electron chi connectivity index (χ4n) is 3.73. The monoisotopic (exact) mass is 425 g/mol. The molecule has 2 aromatic rings. The van der Waals surface area contributed by atoms with E-state index in [4.69, 9.17) is 4.74 Å². The standard InChI is InChI=1S/C23H27N3O3S/c1-17-16-19(23(28)26-10-14-30-15-11-26)4-7-21(17)24-22(27)18-2-5-20(6-3-18)25-8-12-29-13-9-25/h2-7,16H,8-15H2,1H3,(H,24,27). The number of hydrogen-bond donors (Lipinski definition) is 1. The number of ether oxygens (including phenoxy) is 1. The molecule has 0 atom stereocenters. The zero-order chi connectivity index (χ0) is 20.9. The number of nitrogens with zero attached hydrogens (tertiary/aromatic N) is 2. The van der Waals surface area contributed by atoms with Crippen molar-refractivity contribution in [2.45, 2.75) is 6.92 Å². The first-order chi connectivity index (χ1) is 14.6. The van der Waals surface area contributed by atoms with Gasteiger partial charge in [0, 0.05) is 60.2 Å². The molecule has 2 amide bonds. The number of rotatable bonds is 4. The maximum Gasteiger partial charge on any atom is 0.255 e. The summed E-state index contributed by atoms with van der Waals surface area (Å²) in [5.41, 5.74) is 3.99. The van der Waals surface area contributed by atoms with Crippen LogP contribution in [0.4, 0.5) is 11.4 Å². The number of thioether (sulfide) groups is 1. The number of carbonyl (C=O) groups excluding carboxylic acids is 2. The predicted molar refractivity (Wildman–Crippen MR) is 122 cm³/mol. The van der Waals surface area contributed by atoms with Crippen molar-refractivity contribution in [1.29, 1.82) is 0 Å². The molecule has 0 aliphatic carbocycles. The second kappa shape index (κ2) is 9.53. The Kier molecular flexibility index (Phi) is 6.59. The summed E-state index contributed by atoms with van der Waals surface area (Å²) in [7, 11) is 0. The maximum absolute atomic E-state index is 12.7. The van der Waals surface area contributed by atoms with Crippen LogP contribution in [0.3, 0.4) is 0 Å². The summed E-state index contributed by atoms with van der Waals surface area (Å²) in [4.78, 5) is 29.5. The van der Waals surface area contributed by atoms with Crippen LogP contribution >= 0.6 is 11.8 Å². The summed E-state index contributed by atoms with van der Waals surface area (Å²) < 4.78 is 5.39. The third-order valence-corrected chi connectivity index (χ3v) is 6.47. The molecular formula is C23H27N3O3S. The summed E-state index contributed by atoms with van der Waals surface area (Å²) >= 11 is 1.88. The van der Waals surface area contributed by atoms with E-state index in [1.807, 2.05) is 60.0 Å². The summed E-state index contributed by atoms with van der Waals surface area (Å²) in [5.74, 6) is 1.89. The first-order valence-corrected chi connectivity index (χ1v) is 11.5. The van der Waals surface area contributed by atoms with Crippen molar-refractivity contribution in [1.82, 2.24) is 4.90 Å². The molecule has 1 N–H and O–H groups in total.